The van der Waals surface area contributed by atoms with Crippen LogP contribution in [0.5, 0.6) is 0 Å². The lowest BCUT2D eigenvalue weighted by Crippen LogP contribution is -2.19. The van der Waals surface area contributed by atoms with Crippen molar-refractivity contribution in [2.45, 2.75) is 32.9 Å². The number of pyridine rings is 1. The molecule has 0 aromatic carbocycles. The highest BCUT2D eigenvalue weighted by molar-refractivity contribution is 7.09. The fourth-order valence-electron chi connectivity index (χ4n) is 1.94. The van der Waals surface area contributed by atoms with Crippen molar-refractivity contribution >= 4 is 17.2 Å². The van der Waals surface area contributed by atoms with Gasteiger partial charge in [-0.3, -0.25) is 0 Å². The summed E-state index contributed by atoms with van der Waals surface area (Å²) >= 11 is 1.68. The van der Waals surface area contributed by atoms with E-state index >= 15 is 0 Å². The number of aromatic nitrogens is 2. The molecule has 0 bridgehead atoms. The first-order valence-electron chi connectivity index (χ1n) is 6.37. The van der Waals surface area contributed by atoms with Gasteiger partial charge in [-0.25, -0.2) is 9.97 Å². The van der Waals surface area contributed by atoms with Crippen LogP contribution in [0.2, 0.25) is 0 Å². The van der Waals surface area contributed by atoms with Gasteiger partial charge in [-0.1, -0.05) is 6.07 Å². The van der Waals surface area contributed by atoms with Crippen molar-refractivity contribution in [3.05, 3.63) is 40.0 Å². The van der Waals surface area contributed by atoms with E-state index < -0.39 is 0 Å². The number of rotatable bonds is 5. The number of hydrogen-bond acceptors (Lipinski definition) is 5. The maximum absolute atomic E-state index is 5.78. The van der Waals surface area contributed by atoms with Crippen LogP contribution < -0.4 is 10.6 Å². The second-order valence-electron chi connectivity index (χ2n) is 4.92. The summed E-state index contributed by atoms with van der Waals surface area (Å²) in [5.41, 5.74) is 8.05. The zero-order chi connectivity index (χ0) is 13.8. The number of nitrogens with zero attached hydrogens (tertiary/aromatic N) is 3. The average Bonchev–Trinajstić information content (AvgIpc) is 2.75. The molecule has 0 spiro atoms. The molecular weight excluding hydrogens is 256 g/mol. The lowest BCUT2D eigenvalue weighted by atomic mass is 10.1. The van der Waals surface area contributed by atoms with Gasteiger partial charge in [0.25, 0.3) is 0 Å². The number of nitrogens with two attached hydrogens (primary N) is 1. The van der Waals surface area contributed by atoms with E-state index in [9.17, 15) is 0 Å². The summed E-state index contributed by atoms with van der Waals surface area (Å²) in [6, 6.07) is 4.30. The van der Waals surface area contributed by atoms with Gasteiger partial charge in [0.05, 0.1) is 17.2 Å². The topological polar surface area (TPSA) is 55.0 Å². The molecule has 2 N–H and O–H groups in total. The molecule has 0 aliphatic rings. The van der Waals surface area contributed by atoms with Gasteiger partial charge < -0.3 is 10.6 Å². The molecule has 2 aromatic heterocycles. The maximum Gasteiger partial charge on any atom is 0.128 e. The van der Waals surface area contributed by atoms with Gasteiger partial charge in [-0.15, -0.1) is 11.3 Å². The summed E-state index contributed by atoms with van der Waals surface area (Å²) in [5.74, 6) is 0.957. The predicted molar refractivity (Wildman–Crippen MR) is 80.5 cm³/mol. The minimum atomic E-state index is 0.170. The van der Waals surface area contributed by atoms with Crippen LogP contribution in [0.3, 0.4) is 0 Å². The van der Waals surface area contributed by atoms with Gasteiger partial charge in [-0.2, -0.15) is 0 Å². The van der Waals surface area contributed by atoms with Crippen LogP contribution in [0.1, 0.15) is 23.2 Å². The number of hydrogen-bond donors (Lipinski definition) is 1. The average molecular weight is 276 g/mol. The van der Waals surface area contributed by atoms with Crippen molar-refractivity contribution in [3.8, 4) is 0 Å². The molecule has 2 rings (SSSR count). The zero-order valence-electron chi connectivity index (χ0n) is 11.6. The van der Waals surface area contributed by atoms with E-state index in [-0.39, 0.29) is 6.04 Å². The monoisotopic (exact) mass is 276 g/mol. The van der Waals surface area contributed by atoms with Crippen LogP contribution >= 0.6 is 11.3 Å². The maximum atomic E-state index is 5.78. The number of anilines is 1. The number of thiazole rings is 1. The summed E-state index contributed by atoms with van der Waals surface area (Å²) in [4.78, 5) is 11.0. The van der Waals surface area contributed by atoms with Crippen molar-refractivity contribution < 1.29 is 0 Å². The highest BCUT2D eigenvalue weighted by Gasteiger charge is 2.06. The smallest absolute Gasteiger partial charge is 0.128 e. The standard InChI is InChI=1S/C14H20N4S/c1-10(15)6-12-4-5-14(16-7-12)18(3)8-13-9-19-11(2)17-13/h4-5,7,9-10H,6,8,15H2,1-3H3. The third-order valence-electron chi connectivity index (χ3n) is 2.82. The fourth-order valence-corrected chi connectivity index (χ4v) is 2.54. The predicted octanol–water partition coefficient (Wildman–Crippen LogP) is 2.37. The summed E-state index contributed by atoms with van der Waals surface area (Å²) in [6.45, 7) is 4.81. The molecule has 0 aliphatic carbocycles. The van der Waals surface area contributed by atoms with E-state index in [4.69, 9.17) is 5.73 Å². The van der Waals surface area contributed by atoms with Gasteiger partial charge in [0.15, 0.2) is 0 Å². The van der Waals surface area contributed by atoms with Gasteiger partial charge in [0, 0.05) is 24.7 Å². The Morgan fingerprint density at radius 1 is 1.42 bits per heavy atom. The molecule has 5 heteroatoms. The fraction of sp³-hybridized carbons (Fsp3) is 0.429. The second-order valence-corrected chi connectivity index (χ2v) is 5.98. The van der Waals surface area contributed by atoms with E-state index in [1.807, 2.05) is 33.2 Å². The Labute approximate surface area is 118 Å². The zero-order valence-corrected chi connectivity index (χ0v) is 12.4. The van der Waals surface area contributed by atoms with E-state index in [0.717, 1.165) is 29.5 Å². The second kappa shape index (κ2) is 6.12. The van der Waals surface area contributed by atoms with Crippen LogP contribution in [-0.2, 0) is 13.0 Å². The summed E-state index contributed by atoms with van der Waals surface area (Å²) in [7, 11) is 2.03. The van der Waals surface area contributed by atoms with Gasteiger partial charge in [-0.05, 0) is 31.9 Å². The van der Waals surface area contributed by atoms with Crippen LogP contribution in [0.4, 0.5) is 5.82 Å². The molecule has 2 heterocycles. The van der Waals surface area contributed by atoms with Crippen LogP contribution in [0.15, 0.2) is 23.7 Å². The molecule has 2 aromatic rings. The van der Waals surface area contributed by atoms with Gasteiger partial charge in [0.1, 0.15) is 5.82 Å². The highest BCUT2D eigenvalue weighted by atomic mass is 32.1. The quantitative estimate of drug-likeness (QED) is 0.911. The van der Waals surface area contributed by atoms with Crippen molar-refractivity contribution in [2.24, 2.45) is 5.73 Å². The van der Waals surface area contributed by atoms with E-state index in [0.29, 0.717) is 0 Å². The first kappa shape index (κ1) is 14.0. The Hall–Kier alpha value is -1.46. The lowest BCUT2D eigenvalue weighted by molar-refractivity contribution is 0.735. The normalized spacial score (nSPS) is 12.4. The van der Waals surface area contributed by atoms with Crippen LogP contribution in [0.25, 0.3) is 0 Å². The first-order chi connectivity index (χ1) is 9.04. The molecule has 19 heavy (non-hydrogen) atoms. The van der Waals surface area contributed by atoms with Crippen LogP contribution in [0, 0.1) is 6.92 Å². The van der Waals surface area contributed by atoms with Crippen molar-refractivity contribution in [2.75, 3.05) is 11.9 Å². The highest BCUT2D eigenvalue weighted by Crippen LogP contribution is 2.15. The van der Waals surface area contributed by atoms with Gasteiger partial charge in [0.2, 0.25) is 0 Å². The number of aryl methyl sites for hydroxylation is 1. The molecular formula is C14H20N4S. The molecule has 1 atom stereocenters. The third kappa shape index (κ3) is 4.01. The Morgan fingerprint density at radius 2 is 2.21 bits per heavy atom. The Morgan fingerprint density at radius 3 is 2.74 bits per heavy atom. The molecule has 0 amide bonds. The van der Waals surface area contributed by atoms with Crippen molar-refractivity contribution in [1.29, 1.82) is 0 Å². The van der Waals surface area contributed by atoms with Gasteiger partial charge >= 0.3 is 0 Å². The van der Waals surface area contributed by atoms with E-state index in [1.54, 1.807) is 11.3 Å². The Balaban J connectivity index is 2.01. The minimum Gasteiger partial charge on any atom is -0.354 e. The lowest BCUT2D eigenvalue weighted by Gasteiger charge is -2.17. The Kier molecular flexibility index (Phi) is 4.50. The summed E-state index contributed by atoms with van der Waals surface area (Å²) in [6.07, 6.45) is 2.77. The molecule has 0 fully saturated rings. The SMILES string of the molecule is Cc1nc(CN(C)c2ccc(CC(C)N)cn2)cs1. The molecule has 4 nitrogen and oxygen atoms in total. The molecule has 0 radical (unpaired) electrons. The van der Waals surface area contributed by atoms with Crippen molar-refractivity contribution in [1.82, 2.24) is 9.97 Å². The third-order valence-corrected chi connectivity index (χ3v) is 3.65. The van der Waals surface area contributed by atoms with E-state index in [1.165, 1.54) is 5.56 Å². The largest absolute Gasteiger partial charge is 0.354 e. The van der Waals surface area contributed by atoms with E-state index in [2.05, 4.69) is 26.3 Å². The molecule has 0 saturated carbocycles. The molecule has 102 valence electrons. The summed E-state index contributed by atoms with van der Waals surface area (Å²) < 4.78 is 0. The Bertz CT molecular complexity index is 518. The minimum absolute atomic E-state index is 0.170. The van der Waals surface area contributed by atoms with Crippen LogP contribution in [-0.4, -0.2) is 23.1 Å². The molecule has 0 aliphatic heterocycles. The first-order valence-corrected chi connectivity index (χ1v) is 7.25. The molecule has 1 unspecified atom stereocenters. The summed E-state index contributed by atoms with van der Waals surface area (Å²) in [5, 5.41) is 3.19. The molecule has 0 saturated heterocycles. The van der Waals surface area contributed by atoms with Crippen molar-refractivity contribution in [3.63, 3.8) is 0 Å².